The van der Waals surface area contributed by atoms with Gasteiger partial charge in [-0.25, -0.2) is 8.78 Å². The molecule has 20 heavy (non-hydrogen) atoms. The Balaban J connectivity index is 2.56. The molecule has 0 saturated heterocycles. The second kappa shape index (κ2) is 5.54. The third-order valence-corrected chi connectivity index (χ3v) is 3.29. The highest BCUT2D eigenvalue weighted by atomic mass is 32.1. The van der Waals surface area contributed by atoms with Gasteiger partial charge in [0.05, 0.1) is 5.69 Å². The van der Waals surface area contributed by atoms with Crippen molar-refractivity contribution in [3.05, 3.63) is 58.7 Å². The summed E-state index contributed by atoms with van der Waals surface area (Å²) in [5, 5.41) is 2.78. The summed E-state index contributed by atoms with van der Waals surface area (Å²) in [6, 6.07) is 7.93. The average molecular weight is 292 g/mol. The standard InChI is InChI=1S/C15H14F2N2S/c1-8-6-7-11(16)14(12(8)17)19-13-9(2)4-3-5-10(13)15(18)20/h3-7,19H,1-2H3,(H2,18,20). The second-order valence-electron chi connectivity index (χ2n) is 4.54. The summed E-state index contributed by atoms with van der Waals surface area (Å²) < 4.78 is 27.9. The van der Waals surface area contributed by atoms with Gasteiger partial charge in [-0.1, -0.05) is 30.4 Å². The van der Waals surface area contributed by atoms with Gasteiger partial charge in [0.1, 0.15) is 16.5 Å². The molecule has 0 amide bonds. The van der Waals surface area contributed by atoms with Crippen LogP contribution in [0.15, 0.2) is 30.3 Å². The maximum atomic E-state index is 14.0. The smallest absolute Gasteiger partial charge is 0.152 e. The maximum Gasteiger partial charge on any atom is 0.152 e. The van der Waals surface area contributed by atoms with Crippen molar-refractivity contribution < 1.29 is 8.78 Å². The Morgan fingerprint density at radius 3 is 2.40 bits per heavy atom. The molecular weight excluding hydrogens is 278 g/mol. The lowest BCUT2D eigenvalue weighted by molar-refractivity contribution is 0.585. The molecule has 0 fully saturated rings. The summed E-state index contributed by atoms with van der Waals surface area (Å²) in [5.74, 6) is -1.28. The first-order chi connectivity index (χ1) is 9.41. The average Bonchev–Trinajstić information content (AvgIpc) is 2.40. The molecule has 0 radical (unpaired) electrons. The summed E-state index contributed by atoms with van der Waals surface area (Å²) in [7, 11) is 0. The van der Waals surface area contributed by atoms with Gasteiger partial charge in [-0.3, -0.25) is 0 Å². The highest BCUT2D eigenvalue weighted by Gasteiger charge is 2.15. The highest BCUT2D eigenvalue weighted by molar-refractivity contribution is 7.80. The van der Waals surface area contributed by atoms with E-state index in [1.54, 1.807) is 19.1 Å². The van der Waals surface area contributed by atoms with Crippen LogP contribution in [0.25, 0.3) is 0 Å². The number of nitrogens with two attached hydrogens (primary N) is 1. The van der Waals surface area contributed by atoms with E-state index in [2.05, 4.69) is 5.32 Å². The monoisotopic (exact) mass is 292 g/mol. The molecule has 0 unspecified atom stereocenters. The molecule has 0 atom stereocenters. The van der Waals surface area contributed by atoms with Crippen molar-refractivity contribution in [1.82, 2.24) is 0 Å². The number of hydrogen-bond acceptors (Lipinski definition) is 2. The summed E-state index contributed by atoms with van der Waals surface area (Å²) in [4.78, 5) is 0.171. The van der Waals surface area contributed by atoms with Crippen LogP contribution in [0.4, 0.5) is 20.2 Å². The van der Waals surface area contributed by atoms with Gasteiger partial charge in [0.15, 0.2) is 5.82 Å². The van der Waals surface area contributed by atoms with E-state index < -0.39 is 11.6 Å². The summed E-state index contributed by atoms with van der Waals surface area (Å²) in [6.07, 6.45) is 0. The van der Waals surface area contributed by atoms with Crippen molar-refractivity contribution in [3.63, 3.8) is 0 Å². The first kappa shape index (κ1) is 14.4. The summed E-state index contributed by atoms with van der Waals surface area (Å²) in [5.41, 5.74) is 7.68. The number of nitrogens with one attached hydrogen (secondary N) is 1. The van der Waals surface area contributed by atoms with Crippen molar-refractivity contribution in [2.75, 3.05) is 5.32 Å². The third kappa shape index (κ3) is 2.63. The van der Waals surface area contributed by atoms with Gasteiger partial charge in [-0.2, -0.15) is 0 Å². The minimum Gasteiger partial charge on any atom is -0.389 e. The molecule has 0 aromatic heterocycles. The van der Waals surface area contributed by atoms with Crippen LogP contribution in [0.2, 0.25) is 0 Å². The Hall–Kier alpha value is -2.01. The molecule has 5 heteroatoms. The number of thiocarbonyl (C=S) groups is 1. The fourth-order valence-corrected chi connectivity index (χ4v) is 2.11. The minimum absolute atomic E-state index is 0.171. The molecule has 2 rings (SSSR count). The lowest BCUT2D eigenvalue weighted by Gasteiger charge is -2.16. The van der Waals surface area contributed by atoms with Gasteiger partial charge >= 0.3 is 0 Å². The van der Waals surface area contributed by atoms with E-state index in [1.807, 2.05) is 13.0 Å². The molecule has 2 aromatic rings. The largest absolute Gasteiger partial charge is 0.389 e. The van der Waals surface area contributed by atoms with Gasteiger partial charge in [0.25, 0.3) is 0 Å². The molecule has 2 aromatic carbocycles. The molecule has 0 aliphatic rings. The fraction of sp³-hybridized carbons (Fsp3) is 0.133. The van der Waals surface area contributed by atoms with Gasteiger partial charge in [0.2, 0.25) is 0 Å². The van der Waals surface area contributed by atoms with Gasteiger partial charge in [0, 0.05) is 5.56 Å². The Morgan fingerprint density at radius 1 is 1.05 bits per heavy atom. The second-order valence-corrected chi connectivity index (χ2v) is 4.98. The van der Waals surface area contributed by atoms with Crippen molar-refractivity contribution in [2.24, 2.45) is 5.73 Å². The molecule has 0 bridgehead atoms. The van der Waals surface area contributed by atoms with Gasteiger partial charge in [-0.15, -0.1) is 0 Å². The van der Waals surface area contributed by atoms with E-state index in [0.717, 1.165) is 5.56 Å². The van der Waals surface area contributed by atoms with Gasteiger partial charge in [-0.05, 0) is 37.1 Å². The number of anilines is 2. The van der Waals surface area contributed by atoms with Crippen LogP contribution in [0, 0.1) is 25.5 Å². The molecule has 0 spiro atoms. The SMILES string of the molecule is Cc1ccc(F)c(Nc2c(C)cccc2C(N)=S)c1F. The number of benzene rings is 2. The molecular formula is C15H14F2N2S. The topological polar surface area (TPSA) is 38.0 Å². The zero-order valence-electron chi connectivity index (χ0n) is 11.1. The van der Waals surface area contributed by atoms with E-state index in [4.69, 9.17) is 18.0 Å². The number of hydrogen-bond donors (Lipinski definition) is 2. The van der Waals surface area contributed by atoms with Gasteiger partial charge < -0.3 is 11.1 Å². The van der Waals surface area contributed by atoms with Crippen LogP contribution < -0.4 is 11.1 Å². The molecule has 0 aliphatic carbocycles. The zero-order chi connectivity index (χ0) is 14.9. The molecule has 0 aliphatic heterocycles. The van der Waals surface area contributed by atoms with Crippen LogP contribution in [0.3, 0.4) is 0 Å². The highest BCUT2D eigenvalue weighted by Crippen LogP contribution is 2.29. The number of aryl methyl sites for hydroxylation is 2. The number of rotatable bonds is 3. The van der Waals surface area contributed by atoms with E-state index in [0.29, 0.717) is 16.8 Å². The third-order valence-electron chi connectivity index (χ3n) is 3.07. The van der Waals surface area contributed by atoms with Crippen molar-refractivity contribution >= 4 is 28.6 Å². The van der Waals surface area contributed by atoms with E-state index in [9.17, 15) is 8.78 Å². The number of halogens is 2. The van der Waals surface area contributed by atoms with E-state index >= 15 is 0 Å². The van der Waals surface area contributed by atoms with E-state index in [1.165, 1.54) is 12.1 Å². The zero-order valence-corrected chi connectivity index (χ0v) is 11.9. The van der Waals surface area contributed by atoms with Crippen LogP contribution in [-0.4, -0.2) is 4.99 Å². The lowest BCUT2D eigenvalue weighted by Crippen LogP contribution is -2.13. The van der Waals surface area contributed by atoms with Crippen molar-refractivity contribution in [1.29, 1.82) is 0 Å². The predicted octanol–water partition coefficient (Wildman–Crippen LogP) is 3.96. The Labute approximate surface area is 121 Å². The molecule has 0 heterocycles. The van der Waals surface area contributed by atoms with Crippen LogP contribution >= 0.6 is 12.2 Å². The summed E-state index contributed by atoms with van der Waals surface area (Å²) >= 11 is 4.97. The quantitative estimate of drug-likeness (QED) is 0.841. The normalized spacial score (nSPS) is 10.4. The van der Waals surface area contributed by atoms with Crippen molar-refractivity contribution in [3.8, 4) is 0 Å². The summed E-state index contributed by atoms with van der Waals surface area (Å²) in [6.45, 7) is 3.39. The molecule has 0 saturated carbocycles. The molecule has 3 N–H and O–H groups in total. The van der Waals surface area contributed by atoms with Crippen LogP contribution in [0.5, 0.6) is 0 Å². The van der Waals surface area contributed by atoms with E-state index in [-0.39, 0.29) is 10.7 Å². The minimum atomic E-state index is -0.662. The first-order valence-corrected chi connectivity index (χ1v) is 6.43. The van der Waals surface area contributed by atoms with Crippen molar-refractivity contribution in [2.45, 2.75) is 13.8 Å². The Bertz CT molecular complexity index is 684. The fourth-order valence-electron chi connectivity index (χ4n) is 1.94. The number of para-hydroxylation sites is 1. The Morgan fingerprint density at radius 2 is 1.75 bits per heavy atom. The predicted molar refractivity (Wildman–Crippen MR) is 81.4 cm³/mol. The van der Waals surface area contributed by atoms with Crippen LogP contribution in [0.1, 0.15) is 16.7 Å². The first-order valence-electron chi connectivity index (χ1n) is 6.03. The molecule has 104 valence electrons. The van der Waals surface area contributed by atoms with Crippen LogP contribution in [-0.2, 0) is 0 Å². The maximum absolute atomic E-state index is 14.0. The Kier molecular flexibility index (Phi) is 3.99. The lowest BCUT2D eigenvalue weighted by atomic mass is 10.1. The molecule has 2 nitrogen and oxygen atoms in total.